The number of amides is 1. The maximum Gasteiger partial charge on any atom is 0.253 e. The Morgan fingerprint density at radius 1 is 1.38 bits per heavy atom. The Kier molecular flexibility index (Phi) is 5.08. The van der Waals surface area contributed by atoms with Crippen LogP contribution in [0.4, 0.5) is 5.82 Å². The second kappa shape index (κ2) is 7.01. The standard InChI is InChI=1S/C15H20N4O2/c1-3-10(9-21-2)18-15(20)13-8-17-14(19-16)12-7-5-4-6-11(12)13/h4-8,10H,3,9,16H2,1-2H3,(H,17,19)(H,18,20). The SMILES string of the molecule is CCC(COC)NC(=O)c1cnc(NN)c2ccccc12. The summed E-state index contributed by atoms with van der Waals surface area (Å²) < 4.78 is 5.10. The molecule has 0 saturated carbocycles. The molecule has 0 bridgehead atoms. The predicted octanol–water partition coefficient (Wildman–Crippen LogP) is 1.68. The average molecular weight is 288 g/mol. The Morgan fingerprint density at radius 3 is 2.71 bits per heavy atom. The highest BCUT2D eigenvalue weighted by Crippen LogP contribution is 2.23. The number of hydrogen-bond donors (Lipinski definition) is 3. The number of aromatic nitrogens is 1. The van der Waals surface area contributed by atoms with Crippen molar-refractivity contribution in [3.63, 3.8) is 0 Å². The third-order valence-corrected chi connectivity index (χ3v) is 3.37. The van der Waals surface area contributed by atoms with Crippen LogP contribution in [0.2, 0.25) is 0 Å². The van der Waals surface area contributed by atoms with Gasteiger partial charge in [0.05, 0.1) is 18.2 Å². The van der Waals surface area contributed by atoms with Crippen molar-refractivity contribution >= 4 is 22.5 Å². The van der Waals surface area contributed by atoms with Crippen LogP contribution >= 0.6 is 0 Å². The minimum absolute atomic E-state index is 0.0198. The molecule has 0 aliphatic heterocycles. The van der Waals surface area contributed by atoms with Gasteiger partial charge in [-0.3, -0.25) is 4.79 Å². The fraction of sp³-hybridized carbons (Fsp3) is 0.333. The minimum Gasteiger partial charge on any atom is -0.383 e. The van der Waals surface area contributed by atoms with Crippen LogP contribution in [-0.4, -0.2) is 30.6 Å². The van der Waals surface area contributed by atoms with Gasteiger partial charge in [-0.15, -0.1) is 0 Å². The Labute approximate surface area is 123 Å². The number of hydrazine groups is 1. The summed E-state index contributed by atoms with van der Waals surface area (Å²) in [4.78, 5) is 16.6. The first-order valence-electron chi connectivity index (χ1n) is 6.85. The topological polar surface area (TPSA) is 89.3 Å². The molecule has 2 rings (SSSR count). The van der Waals surface area contributed by atoms with E-state index in [2.05, 4.69) is 15.7 Å². The molecule has 1 atom stereocenters. The van der Waals surface area contributed by atoms with Crippen LogP contribution in [0.3, 0.4) is 0 Å². The highest BCUT2D eigenvalue weighted by Gasteiger charge is 2.16. The molecule has 21 heavy (non-hydrogen) atoms. The Balaban J connectivity index is 2.36. The van der Waals surface area contributed by atoms with E-state index in [-0.39, 0.29) is 11.9 Å². The first kappa shape index (κ1) is 15.2. The number of nitrogens with zero attached hydrogens (tertiary/aromatic N) is 1. The van der Waals surface area contributed by atoms with Gasteiger partial charge in [-0.2, -0.15) is 0 Å². The zero-order chi connectivity index (χ0) is 15.2. The highest BCUT2D eigenvalue weighted by molar-refractivity contribution is 6.09. The minimum atomic E-state index is -0.161. The maximum absolute atomic E-state index is 12.4. The third kappa shape index (κ3) is 3.29. The number of fused-ring (bicyclic) bond motifs is 1. The van der Waals surface area contributed by atoms with E-state index in [1.807, 2.05) is 31.2 Å². The van der Waals surface area contributed by atoms with E-state index < -0.39 is 0 Å². The molecule has 2 aromatic rings. The molecular formula is C15H20N4O2. The molecule has 6 heteroatoms. The smallest absolute Gasteiger partial charge is 0.253 e. The number of nitrogens with one attached hydrogen (secondary N) is 2. The zero-order valence-corrected chi connectivity index (χ0v) is 12.2. The number of hydrogen-bond acceptors (Lipinski definition) is 5. The summed E-state index contributed by atoms with van der Waals surface area (Å²) >= 11 is 0. The summed E-state index contributed by atoms with van der Waals surface area (Å²) in [6, 6.07) is 7.50. The molecule has 4 N–H and O–H groups in total. The van der Waals surface area contributed by atoms with Crippen LogP contribution in [0.1, 0.15) is 23.7 Å². The first-order chi connectivity index (χ1) is 10.2. The van der Waals surface area contributed by atoms with Crippen molar-refractivity contribution in [1.29, 1.82) is 0 Å². The van der Waals surface area contributed by atoms with Crippen molar-refractivity contribution in [3.8, 4) is 0 Å². The molecular weight excluding hydrogens is 268 g/mol. The normalized spacial score (nSPS) is 12.1. The van der Waals surface area contributed by atoms with E-state index in [1.165, 1.54) is 6.20 Å². The summed E-state index contributed by atoms with van der Waals surface area (Å²) in [5.74, 6) is 5.84. The van der Waals surface area contributed by atoms with Gasteiger partial charge < -0.3 is 15.5 Å². The average Bonchev–Trinajstić information content (AvgIpc) is 2.53. The molecule has 0 spiro atoms. The van der Waals surface area contributed by atoms with Gasteiger partial charge >= 0.3 is 0 Å². The molecule has 1 heterocycles. The van der Waals surface area contributed by atoms with Gasteiger partial charge in [0.1, 0.15) is 5.82 Å². The zero-order valence-electron chi connectivity index (χ0n) is 12.2. The molecule has 1 aromatic heterocycles. The van der Waals surface area contributed by atoms with Gasteiger partial charge in [-0.05, 0) is 11.8 Å². The molecule has 0 fully saturated rings. The lowest BCUT2D eigenvalue weighted by Gasteiger charge is -2.17. The largest absolute Gasteiger partial charge is 0.383 e. The lowest BCUT2D eigenvalue weighted by atomic mass is 10.1. The fourth-order valence-electron chi connectivity index (χ4n) is 2.21. The molecule has 6 nitrogen and oxygen atoms in total. The molecule has 0 radical (unpaired) electrons. The quantitative estimate of drug-likeness (QED) is 0.556. The van der Waals surface area contributed by atoms with Crippen LogP contribution < -0.4 is 16.6 Å². The number of nitrogen functional groups attached to an aromatic ring is 1. The second-order valence-corrected chi connectivity index (χ2v) is 4.74. The second-order valence-electron chi connectivity index (χ2n) is 4.74. The van der Waals surface area contributed by atoms with Gasteiger partial charge in [-0.25, -0.2) is 10.8 Å². The van der Waals surface area contributed by atoms with Crippen LogP contribution in [-0.2, 0) is 4.74 Å². The first-order valence-corrected chi connectivity index (χ1v) is 6.85. The van der Waals surface area contributed by atoms with E-state index in [0.29, 0.717) is 18.0 Å². The molecule has 0 saturated heterocycles. The van der Waals surface area contributed by atoms with E-state index in [0.717, 1.165) is 17.2 Å². The predicted molar refractivity (Wildman–Crippen MR) is 83.0 cm³/mol. The number of anilines is 1. The van der Waals surface area contributed by atoms with Crippen LogP contribution in [0.25, 0.3) is 10.8 Å². The summed E-state index contributed by atoms with van der Waals surface area (Å²) in [5.41, 5.74) is 3.07. The Bertz CT molecular complexity index is 630. The number of nitrogens with two attached hydrogens (primary N) is 1. The molecule has 1 amide bonds. The number of ether oxygens (including phenoxy) is 1. The van der Waals surface area contributed by atoms with Gasteiger partial charge in [0, 0.05) is 18.7 Å². The van der Waals surface area contributed by atoms with E-state index in [4.69, 9.17) is 10.6 Å². The van der Waals surface area contributed by atoms with Gasteiger partial charge in [0.15, 0.2) is 0 Å². The van der Waals surface area contributed by atoms with Crippen molar-refractivity contribution in [2.45, 2.75) is 19.4 Å². The van der Waals surface area contributed by atoms with E-state index in [9.17, 15) is 4.79 Å². The lowest BCUT2D eigenvalue weighted by molar-refractivity contribution is 0.0896. The van der Waals surface area contributed by atoms with Gasteiger partial charge in [0.25, 0.3) is 5.91 Å². The van der Waals surface area contributed by atoms with E-state index >= 15 is 0 Å². The Hall–Kier alpha value is -2.18. The van der Waals surface area contributed by atoms with Crippen molar-refractivity contribution in [2.75, 3.05) is 19.1 Å². The number of rotatable bonds is 6. The molecule has 0 aliphatic carbocycles. The number of benzene rings is 1. The summed E-state index contributed by atoms with van der Waals surface area (Å²) in [7, 11) is 1.62. The summed E-state index contributed by atoms with van der Waals surface area (Å²) in [5, 5.41) is 4.58. The van der Waals surface area contributed by atoms with Crippen LogP contribution in [0, 0.1) is 0 Å². The lowest BCUT2D eigenvalue weighted by Crippen LogP contribution is -2.37. The monoisotopic (exact) mass is 288 g/mol. The van der Waals surface area contributed by atoms with E-state index in [1.54, 1.807) is 7.11 Å². The Morgan fingerprint density at radius 2 is 2.10 bits per heavy atom. The highest BCUT2D eigenvalue weighted by atomic mass is 16.5. The molecule has 112 valence electrons. The maximum atomic E-state index is 12.4. The number of pyridine rings is 1. The fourth-order valence-corrected chi connectivity index (χ4v) is 2.21. The van der Waals surface area contributed by atoms with Crippen molar-refractivity contribution in [2.24, 2.45) is 5.84 Å². The van der Waals surface area contributed by atoms with Crippen LogP contribution in [0.5, 0.6) is 0 Å². The number of carbonyl (C=O) groups is 1. The number of methoxy groups -OCH3 is 1. The van der Waals surface area contributed by atoms with Gasteiger partial charge in [0.2, 0.25) is 0 Å². The van der Waals surface area contributed by atoms with Crippen molar-refractivity contribution in [1.82, 2.24) is 10.3 Å². The van der Waals surface area contributed by atoms with Crippen molar-refractivity contribution < 1.29 is 9.53 Å². The molecule has 1 unspecified atom stereocenters. The number of carbonyl (C=O) groups excluding carboxylic acids is 1. The molecule has 0 aliphatic rings. The van der Waals surface area contributed by atoms with Gasteiger partial charge in [-0.1, -0.05) is 31.2 Å². The summed E-state index contributed by atoms with van der Waals surface area (Å²) in [6.07, 6.45) is 2.33. The summed E-state index contributed by atoms with van der Waals surface area (Å²) in [6.45, 7) is 2.48. The van der Waals surface area contributed by atoms with Crippen LogP contribution in [0.15, 0.2) is 30.5 Å². The molecule has 1 aromatic carbocycles. The van der Waals surface area contributed by atoms with Crippen molar-refractivity contribution in [3.05, 3.63) is 36.0 Å². The third-order valence-electron chi connectivity index (χ3n) is 3.37.